The molecular formula is C22H22N2O4. The van der Waals surface area contributed by atoms with Gasteiger partial charge < -0.3 is 14.8 Å². The maximum absolute atomic E-state index is 11.8. The third kappa shape index (κ3) is 4.59. The number of benzene rings is 2. The van der Waals surface area contributed by atoms with Crippen LogP contribution in [0.15, 0.2) is 60.8 Å². The monoisotopic (exact) mass is 378 g/mol. The number of carbonyl (C=O) groups is 2. The van der Waals surface area contributed by atoms with E-state index in [1.165, 1.54) is 0 Å². The quantitative estimate of drug-likeness (QED) is 0.418. The summed E-state index contributed by atoms with van der Waals surface area (Å²) in [6.45, 7) is 6.58. The summed E-state index contributed by atoms with van der Waals surface area (Å²) in [5.74, 6) is 0.764. The normalized spacial score (nSPS) is 14.5. The Morgan fingerprint density at radius 3 is 2.50 bits per heavy atom. The predicted octanol–water partition coefficient (Wildman–Crippen LogP) is 3.57. The molecule has 2 aromatic carbocycles. The van der Waals surface area contributed by atoms with Gasteiger partial charge >= 0.3 is 6.03 Å². The topological polar surface area (TPSA) is 76.7 Å². The molecule has 1 heterocycles. The van der Waals surface area contributed by atoms with Crippen LogP contribution in [0.25, 0.3) is 6.08 Å². The van der Waals surface area contributed by atoms with Crippen molar-refractivity contribution in [3.63, 3.8) is 0 Å². The Bertz CT molecular complexity index is 920. The number of hydrogen-bond donors (Lipinski definition) is 2. The van der Waals surface area contributed by atoms with Gasteiger partial charge in [0.05, 0.1) is 6.61 Å². The van der Waals surface area contributed by atoms with E-state index in [0.29, 0.717) is 31.1 Å². The SMILES string of the molecule is C=CCc1cc(/C=C2/NC(=O)NC2=O)cc(OCC)c1OCc1ccccc1. The minimum atomic E-state index is -0.532. The standard InChI is InChI=1S/C22H22N2O4/c1-3-8-17-11-16(12-18-21(25)24-22(26)23-18)13-19(27-4-2)20(17)28-14-15-9-6-5-7-10-15/h3,5-7,9-13H,1,4,8,14H2,2H3,(H2,23,24,25,26)/b18-12+. The first-order valence-corrected chi connectivity index (χ1v) is 9.02. The summed E-state index contributed by atoms with van der Waals surface area (Å²) in [6.07, 6.45) is 3.96. The molecule has 28 heavy (non-hydrogen) atoms. The second-order valence-corrected chi connectivity index (χ2v) is 6.17. The number of amides is 3. The zero-order valence-electron chi connectivity index (χ0n) is 15.7. The van der Waals surface area contributed by atoms with Crippen molar-refractivity contribution in [2.24, 2.45) is 0 Å². The smallest absolute Gasteiger partial charge is 0.326 e. The Balaban J connectivity index is 1.95. The van der Waals surface area contributed by atoms with Crippen LogP contribution in [0.5, 0.6) is 11.5 Å². The molecule has 6 heteroatoms. The Morgan fingerprint density at radius 2 is 1.86 bits per heavy atom. The number of urea groups is 1. The van der Waals surface area contributed by atoms with Crippen LogP contribution in [0.4, 0.5) is 4.79 Å². The molecule has 0 radical (unpaired) electrons. The van der Waals surface area contributed by atoms with Gasteiger partial charge in [0, 0.05) is 5.56 Å². The molecule has 1 fully saturated rings. The number of nitrogens with one attached hydrogen (secondary N) is 2. The molecule has 0 unspecified atom stereocenters. The lowest BCUT2D eigenvalue weighted by molar-refractivity contribution is -0.115. The number of ether oxygens (including phenoxy) is 2. The molecule has 0 spiro atoms. The van der Waals surface area contributed by atoms with Crippen molar-refractivity contribution in [3.8, 4) is 11.5 Å². The molecule has 1 saturated heterocycles. The van der Waals surface area contributed by atoms with Crippen molar-refractivity contribution in [2.75, 3.05) is 6.61 Å². The van der Waals surface area contributed by atoms with Crippen molar-refractivity contribution in [1.29, 1.82) is 0 Å². The fourth-order valence-corrected chi connectivity index (χ4v) is 2.88. The molecular weight excluding hydrogens is 356 g/mol. The molecule has 144 valence electrons. The highest BCUT2D eigenvalue weighted by Gasteiger charge is 2.23. The van der Waals surface area contributed by atoms with Gasteiger partial charge in [-0.25, -0.2) is 4.79 Å². The molecule has 0 aliphatic carbocycles. The Labute approximate surface area is 163 Å². The molecule has 0 saturated carbocycles. The maximum atomic E-state index is 11.8. The predicted molar refractivity (Wildman–Crippen MR) is 107 cm³/mol. The minimum Gasteiger partial charge on any atom is -0.490 e. The van der Waals surface area contributed by atoms with E-state index >= 15 is 0 Å². The summed E-state index contributed by atoms with van der Waals surface area (Å²) < 4.78 is 11.9. The van der Waals surface area contributed by atoms with Gasteiger partial charge in [0.1, 0.15) is 12.3 Å². The highest BCUT2D eigenvalue weighted by Crippen LogP contribution is 2.35. The van der Waals surface area contributed by atoms with E-state index in [-0.39, 0.29) is 5.70 Å². The van der Waals surface area contributed by atoms with Crippen molar-refractivity contribution >= 4 is 18.0 Å². The molecule has 3 rings (SSSR count). The number of carbonyl (C=O) groups excluding carboxylic acids is 2. The third-order valence-corrected chi connectivity index (χ3v) is 4.08. The van der Waals surface area contributed by atoms with Crippen molar-refractivity contribution < 1.29 is 19.1 Å². The van der Waals surface area contributed by atoms with Crippen molar-refractivity contribution in [1.82, 2.24) is 10.6 Å². The first kappa shape index (κ1) is 19.2. The molecule has 6 nitrogen and oxygen atoms in total. The summed E-state index contributed by atoms with van der Waals surface area (Å²) in [6, 6.07) is 13.0. The highest BCUT2D eigenvalue weighted by atomic mass is 16.5. The summed E-state index contributed by atoms with van der Waals surface area (Å²) in [5, 5.41) is 4.67. The van der Waals surface area contributed by atoms with Crippen LogP contribution in [0.2, 0.25) is 0 Å². The van der Waals surface area contributed by atoms with Crippen LogP contribution in [0, 0.1) is 0 Å². The summed E-state index contributed by atoms with van der Waals surface area (Å²) in [5.41, 5.74) is 2.84. The fraction of sp³-hybridized carbons (Fsp3) is 0.182. The Morgan fingerprint density at radius 1 is 1.07 bits per heavy atom. The van der Waals surface area contributed by atoms with Gasteiger partial charge in [0.25, 0.3) is 5.91 Å². The van der Waals surface area contributed by atoms with Crippen LogP contribution in [0.1, 0.15) is 23.6 Å². The maximum Gasteiger partial charge on any atom is 0.326 e. The van der Waals surface area contributed by atoms with Crippen LogP contribution < -0.4 is 20.1 Å². The highest BCUT2D eigenvalue weighted by molar-refractivity contribution is 6.14. The molecule has 3 amide bonds. The van der Waals surface area contributed by atoms with E-state index in [4.69, 9.17) is 9.47 Å². The number of hydrogen-bond acceptors (Lipinski definition) is 4. The zero-order chi connectivity index (χ0) is 19.9. The average Bonchev–Trinajstić information content (AvgIpc) is 2.99. The van der Waals surface area contributed by atoms with Crippen molar-refractivity contribution in [3.05, 3.63) is 77.5 Å². The lowest BCUT2D eigenvalue weighted by Gasteiger charge is -2.17. The summed E-state index contributed by atoms with van der Waals surface area (Å²) in [7, 11) is 0. The first-order valence-electron chi connectivity index (χ1n) is 9.02. The van der Waals surface area contributed by atoms with E-state index in [1.807, 2.05) is 43.3 Å². The van der Waals surface area contributed by atoms with Crippen molar-refractivity contribution in [2.45, 2.75) is 20.0 Å². The molecule has 1 aliphatic heterocycles. The summed E-state index contributed by atoms with van der Waals surface area (Å²) >= 11 is 0. The molecule has 1 aliphatic rings. The second-order valence-electron chi connectivity index (χ2n) is 6.17. The molecule has 2 N–H and O–H groups in total. The average molecular weight is 378 g/mol. The van der Waals surface area contributed by atoms with Gasteiger partial charge in [-0.05, 0) is 42.7 Å². The first-order chi connectivity index (χ1) is 13.6. The van der Waals surface area contributed by atoms with Gasteiger partial charge in [-0.3, -0.25) is 10.1 Å². The van der Waals surface area contributed by atoms with Gasteiger partial charge in [0.2, 0.25) is 0 Å². The van der Waals surface area contributed by atoms with E-state index in [9.17, 15) is 9.59 Å². The lowest BCUT2D eigenvalue weighted by atomic mass is 10.0. The summed E-state index contributed by atoms with van der Waals surface area (Å²) in [4.78, 5) is 23.1. The molecule has 0 bridgehead atoms. The van der Waals surface area contributed by atoms with E-state index in [1.54, 1.807) is 18.2 Å². The van der Waals surface area contributed by atoms with Crippen LogP contribution in [-0.4, -0.2) is 18.5 Å². The molecule has 0 aromatic heterocycles. The van der Waals surface area contributed by atoms with E-state index < -0.39 is 11.9 Å². The van der Waals surface area contributed by atoms with Gasteiger partial charge in [-0.1, -0.05) is 36.4 Å². The number of rotatable bonds is 8. The van der Waals surface area contributed by atoms with Gasteiger partial charge in [0.15, 0.2) is 11.5 Å². The van der Waals surface area contributed by atoms with E-state index in [0.717, 1.165) is 16.7 Å². The number of imide groups is 1. The van der Waals surface area contributed by atoms with Gasteiger partial charge in [-0.15, -0.1) is 6.58 Å². The fourth-order valence-electron chi connectivity index (χ4n) is 2.88. The largest absolute Gasteiger partial charge is 0.490 e. The Hall–Kier alpha value is -3.54. The molecule has 2 aromatic rings. The minimum absolute atomic E-state index is 0.190. The third-order valence-electron chi connectivity index (χ3n) is 4.08. The second kappa shape index (κ2) is 8.90. The number of allylic oxidation sites excluding steroid dienone is 1. The molecule has 0 atom stereocenters. The van der Waals surface area contributed by atoms with Gasteiger partial charge in [-0.2, -0.15) is 0 Å². The van der Waals surface area contributed by atoms with Crippen LogP contribution in [0.3, 0.4) is 0 Å². The lowest BCUT2D eigenvalue weighted by Crippen LogP contribution is -2.22. The van der Waals surface area contributed by atoms with E-state index in [2.05, 4.69) is 17.2 Å². The zero-order valence-corrected chi connectivity index (χ0v) is 15.7. The Kier molecular flexibility index (Phi) is 6.11. The van der Waals surface area contributed by atoms with Crippen LogP contribution >= 0.6 is 0 Å². The van der Waals surface area contributed by atoms with Crippen LogP contribution in [-0.2, 0) is 17.8 Å².